The molecule has 1 aliphatic rings. The van der Waals surface area contributed by atoms with Crippen LogP contribution in [0, 0.1) is 12.3 Å². The molecule has 0 spiro atoms. The Bertz CT molecular complexity index is 722. The van der Waals surface area contributed by atoms with Crippen molar-refractivity contribution >= 4 is 11.7 Å². The molecule has 1 aliphatic heterocycles. The highest BCUT2D eigenvalue weighted by molar-refractivity contribution is 5.68. The van der Waals surface area contributed by atoms with E-state index in [0.29, 0.717) is 0 Å². The molecule has 0 saturated heterocycles. The van der Waals surface area contributed by atoms with Gasteiger partial charge < -0.3 is 10.1 Å². The molecular weight excluding hydrogens is 286 g/mol. The molecule has 3 nitrogen and oxygen atoms in total. The SMILES string of the molecule is CC(=O)O[C@@H]1c2cc(C)ccc2N[C@@H](c2ccccc2)C1(C)C. The fourth-order valence-corrected chi connectivity index (χ4v) is 3.46. The Morgan fingerprint density at radius 1 is 1.13 bits per heavy atom. The van der Waals surface area contributed by atoms with Crippen molar-refractivity contribution in [1.29, 1.82) is 0 Å². The van der Waals surface area contributed by atoms with E-state index in [9.17, 15) is 4.79 Å². The number of carbonyl (C=O) groups excluding carboxylic acids is 1. The lowest BCUT2D eigenvalue weighted by Gasteiger charge is -2.46. The molecule has 0 fully saturated rings. The van der Waals surface area contributed by atoms with Crippen LogP contribution in [0.1, 0.15) is 49.6 Å². The van der Waals surface area contributed by atoms with Crippen molar-refractivity contribution in [3.05, 3.63) is 65.2 Å². The van der Waals surface area contributed by atoms with E-state index in [-0.39, 0.29) is 23.5 Å². The van der Waals surface area contributed by atoms with Crippen molar-refractivity contribution in [2.45, 2.75) is 39.8 Å². The second-order valence-corrected chi connectivity index (χ2v) is 6.89. The average Bonchev–Trinajstić information content (AvgIpc) is 2.51. The van der Waals surface area contributed by atoms with Gasteiger partial charge in [0.1, 0.15) is 6.10 Å². The summed E-state index contributed by atoms with van der Waals surface area (Å²) in [7, 11) is 0. The molecule has 0 aliphatic carbocycles. The number of anilines is 1. The molecule has 0 aromatic heterocycles. The maximum atomic E-state index is 11.7. The van der Waals surface area contributed by atoms with Gasteiger partial charge in [-0.3, -0.25) is 4.79 Å². The quantitative estimate of drug-likeness (QED) is 0.810. The number of hydrogen-bond acceptors (Lipinski definition) is 3. The van der Waals surface area contributed by atoms with E-state index in [1.54, 1.807) is 0 Å². The second-order valence-electron chi connectivity index (χ2n) is 6.89. The highest BCUT2D eigenvalue weighted by atomic mass is 16.5. The molecule has 2 aromatic rings. The highest BCUT2D eigenvalue weighted by Crippen LogP contribution is 2.53. The lowest BCUT2D eigenvalue weighted by atomic mass is 9.70. The summed E-state index contributed by atoms with van der Waals surface area (Å²) < 4.78 is 5.76. The van der Waals surface area contributed by atoms with Gasteiger partial charge in [0.25, 0.3) is 0 Å². The molecule has 1 heterocycles. The molecule has 0 unspecified atom stereocenters. The molecule has 23 heavy (non-hydrogen) atoms. The first-order valence-corrected chi connectivity index (χ1v) is 7.99. The predicted octanol–water partition coefficient (Wildman–Crippen LogP) is 4.79. The first kappa shape index (κ1) is 15.6. The van der Waals surface area contributed by atoms with Gasteiger partial charge >= 0.3 is 5.97 Å². The van der Waals surface area contributed by atoms with E-state index in [4.69, 9.17) is 4.74 Å². The van der Waals surface area contributed by atoms with Crippen LogP contribution in [0.5, 0.6) is 0 Å². The number of ether oxygens (including phenoxy) is 1. The predicted molar refractivity (Wildman–Crippen MR) is 92.3 cm³/mol. The van der Waals surface area contributed by atoms with Crippen LogP contribution in [0.2, 0.25) is 0 Å². The number of carbonyl (C=O) groups is 1. The lowest BCUT2D eigenvalue weighted by molar-refractivity contribution is -0.154. The standard InChI is InChI=1S/C20H23NO2/c1-13-10-11-17-16(12-13)19(23-14(2)22)20(3,4)18(21-17)15-8-6-5-7-9-15/h5-12,18-19,21H,1-4H3/t18-,19+/m0/s1. The Morgan fingerprint density at radius 3 is 2.48 bits per heavy atom. The first-order chi connectivity index (χ1) is 10.9. The van der Waals surface area contributed by atoms with Crippen molar-refractivity contribution in [3.8, 4) is 0 Å². The van der Waals surface area contributed by atoms with Crippen molar-refractivity contribution in [3.63, 3.8) is 0 Å². The summed E-state index contributed by atoms with van der Waals surface area (Å²) in [5.41, 5.74) is 4.18. The molecule has 0 bridgehead atoms. The average molecular weight is 309 g/mol. The summed E-state index contributed by atoms with van der Waals surface area (Å²) >= 11 is 0. The van der Waals surface area contributed by atoms with Gasteiger partial charge in [0.05, 0.1) is 6.04 Å². The van der Waals surface area contributed by atoms with Crippen LogP contribution in [0.4, 0.5) is 5.69 Å². The molecule has 1 N–H and O–H groups in total. The van der Waals surface area contributed by atoms with Crippen LogP contribution < -0.4 is 5.32 Å². The fourth-order valence-electron chi connectivity index (χ4n) is 3.46. The number of rotatable bonds is 2. The van der Waals surface area contributed by atoms with Crippen molar-refractivity contribution in [1.82, 2.24) is 0 Å². The van der Waals surface area contributed by atoms with Gasteiger partial charge in [-0.2, -0.15) is 0 Å². The third kappa shape index (κ3) is 2.83. The maximum Gasteiger partial charge on any atom is 0.303 e. The van der Waals surface area contributed by atoms with E-state index in [2.05, 4.69) is 56.4 Å². The van der Waals surface area contributed by atoms with Crippen molar-refractivity contribution in [2.75, 3.05) is 5.32 Å². The van der Waals surface area contributed by atoms with Crippen LogP contribution >= 0.6 is 0 Å². The van der Waals surface area contributed by atoms with E-state index >= 15 is 0 Å². The normalized spacial score (nSPS) is 21.9. The van der Waals surface area contributed by atoms with E-state index < -0.39 is 0 Å². The molecule has 2 aromatic carbocycles. The van der Waals surface area contributed by atoms with Gasteiger partial charge in [-0.1, -0.05) is 61.9 Å². The van der Waals surface area contributed by atoms with Gasteiger partial charge in [-0.15, -0.1) is 0 Å². The lowest BCUT2D eigenvalue weighted by Crippen LogP contribution is -2.40. The van der Waals surface area contributed by atoms with Gasteiger partial charge in [0.15, 0.2) is 0 Å². The molecule has 3 rings (SSSR count). The summed E-state index contributed by atoms with van der Waals surface area (Å²) in [6.07, 6.45) is -0.277. The summed E-state index contributed by atoms with van der Waals surface area (Å²) in [5.74, 6) is -0.246. The summed E-state index contributed by atoms with van der Waals surface area (Å²) in [6.45, 7) is 7.83. The number of fused-ring (bicyclic) bond motifs is 1. The molecule has 2 atom stereocenters. The van der Waals surface area contributed by atoms with E-state index in [0.717, 1.165) is 16.8 Å². The smallest absolute Gasteiger partial charge is 0.303 e. The zero-order valence-corrected chi connectivity index (χ0v) is 14.1. The van der Waals surface area contributed by atoms with Crippen LogP contribution in [0.25, 0.3) is 0 Å². The Labute approximate surface area is 137 Å². The van der Waals surface area contributed by atoms with Gasteiger partial charge in [0.2, 0.25) is 0 Å². The minimum absolute atomic E-state index is 0.0725. The molecule has 0 amide bonds. The zero-order valence-electron chi connectivity index (χ0n) is 14.1. The summed E-state index contributed by atoms with van der Waals surface area (Å²) in [4.78, 5) is 11.7. The van der Waals surface area contributed by atoms with Crippen molar-refractivity contribution < 1.29 is 9.53 Å². The number of aryl methyl sites for hydroxylation is 1. The van der Waals surface area contributed by atoms with Gasteiger partial charge in [0, 0.05) is 23.6 Å². The largest absolute Gasteiger partial charge is 0.457 e. The highest BCUT2D eigenvalue weighted by Gasteiger charge is 2.45. The van der Waals surface area contributed by atoms with Crippen LogP contribution in [0.3, 0.4) is 0 Å². The fraction of sp³-hybridized carbons (Fsp3) is 0.350. The number of esters is 1. The number of nitrogens with one attached hydrogen (secondary N) is 1. The first-order valence-electron chi connectivity index (χ1n) is 7.99. The number of benzene rings is 2. The van der Waals surface area contributed by atoms with Gasteiger partial charge in [-0.25, -0.2) is 0 Å². The van der Waals surface area contributed by atoms with Crippen molar-refractivity contribution in [2.24, 2.45) is 5.41 Å². The third-order valence-corrected chi connectivity index (χ3v) is 4.63. The Hall–Kier alpha value is -2.29. The Kier molecular flexibility index (Phi) is 3.88. The Balaban J connectivity index is 2.12. The van der Waals surface area contributed by atoms with Gasteiger partial charge in [-0.05, 0) is 18.6 Å². The minimum atomic E-state index is -0.277. The number of hydrogen-bond donors (Lipinski definition) is 1. The second kappa shape index (κ2) is 5.73. The third-order valence-electron chi connectivity index (χ3n) is 4.63. The summed E-state index contributed by atoms with van der Waals surface area (Å²) in [5, 5.41) is 3.64. The Morgan fingerprint density at radius 2 is 1.83 bits per heavy atom. The molecular formula is C20H23NO2. The summed E-state index contributed by atoms with van der Waals surface area (Å²) in [6, 6.07) is 16.7. The molecule has 0 radical (unpaired) electrons. The van der Waals surface area contributed by atoms with Crippen LogP contribution in [-0.2, 0) is 9.53 Å². The van der Waals surface area contributed by atoms with Crippen LogP contribution in [0.15, 0.2) is 48.5 Å². The van der Waals surface area contributed by atoms with E-state index in [1.807, 2.05) is 18.2 Å². The molecule has 3 heteroatoms. The minimum Gasteiger partial charge on any atom is -0.457 e. The molecule has 120 valence electrons. The van der Waals surface area contributed by atoms with Crippen LogP contribution in [-0.4, -0.2) is 5.97 Å². The van der Waals surface area contributed by atoms with E-state index in [1.165, 1.54) is 12.5 Å². The zero-order chi connectivity index (χ0) is 16.6. The maximum absolute atomic E-state index is 11.7. The molecule has 0 saturated carbocycles. The monoisotopic (exact) mass is 309 g/mol. The topological polar surface area (TPSA) is 38.3 Å².